The standard InChI is InChI=1S/C18H30N2O3.2ClH/c1-6-13(2)17(20-9-7-19-8-10-20)14-11-15(21-3)18(23-5)16(12-14)22-4;;/h11-13,17,19H,6-10H2,1-5H3;2*1H/t13?,17-;;/m0../s1. The lowest BCUT2D eigenvalue weighted by Gasteiger charge is -2.38. The Morgan fingerprint density at radius 1 is 1.00 bits per heavy atom. The van der Waals surface area contributed by atoms with Crippen molar-refractivity contribution in [2.45, 2.75) is 26.3 Å². The highest BCUT2D eigenvalue weighted by Gasteiger charge is 2.28. The second kappa shape index (κ2) is 11.7. The van der Waals surface area contributed by atoms with Gasteiger partial charge in [-0.3, -0.25) is 4.90 Å². The van der Waals surface area contributed by atoms with E-state index in [1.165, 1.54) is 5.56 Å². The van der Waals surface area contributed by atoms with Gasteiger partial charge in [0.2, 0.25) is 5.75 Å². The average molecular weight is 395 g/mol. The zero-order chi connectivity index (χ0) is 16.8. The molecule has 1 heterocycles. The molecule has 1 aliphatic rings. The lowest BCUT2D eigenvalue weighted by molar-refractivity contribution is 0.128. The number of halogens is 2. The van der Waals surface area contributed by atoms with Crippen LogP contribution in [0.15, 0.2) is 12.1 Å². The molecule has 1 aromatic carbocycles. The van der Waals surface area contributed by atoms with Gasteiger partial charge < -0.3 is 19.5 Å². The molecule has 0 aromatic heterocycles. The molecule has 0 bridgehead atoms. The number of hydrogen-bond donors (Lipinski definition) is 1. The van der Waals surface area contributed by atoms with E-state index in [-0.39, 0.29) is 24.8 Å². The zero-order valence-electron chi connectivity index (χ0n) is 15.8. The largest absolute Gasteiger partial charge is 0.493 e. The third-order valence-electron chi connectivity index (χ3n) is 4.76. The molecule has 1 aliphatic heterocycles. The van der Waals surface area contributed by atoms with Crippen molar-refractivity contribution in [1.29, 1.82) is 0 Å². The summed E-state index contributed by atoms with van der Waals surface area (Å²) in [7, 11) is 4.98. The molecule has 25 heavy (non-hydrogen) atoms. The number of methoxy groups -OCH3 is 3. The lowest BCUT2D eigenvalue weighted by atomic mass is 9.90. The monoisotopic (exact) mass is 394 g/mol. The fraction of sp³-hybridized carbons (Fsp3) is 0.667. The lowest BCUT2D eigenvalue weighted by Crippen LogP contribution is -2.46. The first-order chi connectivity index (χ1) is 11.2. The van der Waals surface area contributed by atoms with E-state index in [0.717, 1.165) is 44.1 Å². The Hall–Kier alpha value is -0.880. The van der Waals surface area contributed by atoms with Gasteiger partial charge in [0.05, 0.1) is 21.3 Å². The van der Waals surface area contributed by atoms with Crippen molar-refractivity contribution < 1.29 is 14.2 Å². The van der Waals surface area contributed by atoms with Crippen molar-refractivity contribution in [2.75, 3.05) is 47.5 Å². The van der Waals surface area contributed by atoms with Crippen LogP contribution < -0.4 is 19.5 Å². The van der Waals surface area contributed by atoms with Crippen LogP contribution in [0.3, 0.4) is 0 Å². The van der Waals surface area contributed by atoms with Crippen LogP contribution in [0.2, 0.25) is 0 Å². The van der Waals surface area contributed by atoms with Crippen LogP contribution in [0.5, 0.6) is 17.2 Å². The fourth-order valence-corrected chi connectivity index (χ4v) is 3.35. The van der Waals surface area contributed by atoms with Gasteiger partial charge in [0, 0.05) is 32.2 Å². The molecule has 1 fully saturated rings. The summed E-state index contributed by atoms with van der Waals surface area (Å²) < 4.78 is 16.5. The Morgan fingerprint density at radius 2 is 1.52 bits per heavy atom. The average Bonchev–Trinajstić information content (AvgIpc) is 2.61. The molecule has 1 aromatic rings. The molecule has 0 radical (unpaired) electrons. The number of piperazine rings is 1. The van der Waals surface area contributed by atoms with E-state index in [1.807, 2.05) is 0 Å². The van der Waals surface area contributed by atoms with Crippen LogP contribution in [-0.2, 0) is 0 Å². The maximum absolute atomic E-state index is 5.53. The van der Waals surface area contributed by atoms with Crippen molar-refractivity contribution in [3.05, 3.63) is 17.7 Å². The summed E-state index contributed by atoms with van der Waals surface area (Å²) in [5, 5.41) is 3.43. The maximum atomic E-state index is 5.53. The number of benzene rings is 1. The minimum Gasteiger partial charge on any atom is -0.493 e. The summed E-state index contributed by atoms with van der Waals surface area (Å²) in [5.41, 5.74) is 1.23. The summed E-state index contributed by atoms with van der Waals surface area (Å²) >= 11 is 0. The van der Waals surface area contributed by atoms with Crippen LogP contribution in [0, 0.1) is 5.92 Å². The van der Waals surface area contributed by atoms with Crippen LogP contribution in [-0.4, -0.2) is 52.4 Å². The Kier molecular flexibility index (Phi) is 11.3. The van der Waals surface area contributed by atoms with Gasteiger partial charge >= 0.3 is 0 Å². The van der Waals surface area contributed by atoms with Crippen LogP contribution in [0.4, 0.5) is 0 Å². The molecule has 2 rings (SSSR count). The van der Waals surface area contributed by atoms with Crippen molar-refractivity contribution in [3.8, 4) is 17.2 Å². The molecule has 0 amide bonds. The summed E-state index contributed by atoms with van der Waals surface area (Å²) in [6.45, 7) is 8.76. The predicted molar refractivity (Wildman–Crippen MR) is 107 cm³/mol. The van der Waals surface area contributed by atoms with Gasteiger partial charge in [-0.15, -0.1) is 24.8 Å². The van der Waals surface area contributed by atoms with Gasteiger partial charge in [0.1, 0.15) is 0 Å². The number of nitrogens with zero attached hydrogens (tertiary/aromatic N) is 1. The van der Waals surface area contributed by atoms with E-state index in [0.29, 0.717) is 17.7 Å². The van der Waals surface area contributed by atoms with Crippen molar-refractivity contribution in [1.82, 2.24) is 10.2 Å². The van der Waals surface area contributed by atoms with Crippen LogP contribution >= 0.6 is 24.8 Å². The third kappa shape index (κ3) is 5.55. The molecule has 0 spiro atoms. The molecule has 1 saturated heterocycles. The predicted octanol–water partition coefficient (Wildman–Crippen LogP) is 3.55. The third-order valence-corrected chi connectivity index (χ3v) is 4.76. The second-order valence-corrected chi connectivity index (χ2v) is 6.08. The molecule has 2 atom stereocenters. The molecule has 1 unspecified atom stereocenters. The molecule has 5 nitrogen and oxygen atoms in total. The number of nitrogens with one attached hydrogen (secondary N) is 1. The van der Waals surface area contributed by atoms with Gasteiger partial charge in [0.15, 0.2) is 11.5 Å². The van der Waals surface area contributed by atoms with E-state index >= 15 is 0 Å². The molecule has 0 aliphatic carbocycles. The quantitative estimate of drug-likeness (QED) is 0.765. The Balaban J connectivity index is 0.00000288. The first kappa shape index (κ1) is 24.1. The summed E-state index contributed by atoms with van der Waals surface area (Å²) in [5.74, 6) is 2.66. The van der Waals surface area contributed by atoms with E-state index in [2.05, 4.69) is 36.2 Å². The second-order valence-electron chi connectivity index (χ2n) is 6.08. The Bertz CT molecular complexity index is 486. The van der Waals surface area contributed by atoms with Crippen LogP contribution in [0.25, 0.3) is 0 Å². The fourth-order valence-electron chi connectivity index (χ4n) is 3.35. The summed E-state index contributed by atoms with van der Waals surface area (Å²) in [6, 6.07) is 4.55. The maximum Gasteiger partial charge on any atom is 0.203 e. The highest BCUT2D eigenvalue weighted by atomic mass is 35.5. The first-order valence-electron chi connectivity index (χ1n) is 8.40. The molecule has 1 N–H and O–H groups in total. The van der Waals surface area contributed by atoms with E-state index < -0.39 is 0 Å². The Labute approximate surface area is 164 Å². The number of hydrogen-bond acceptors (Lipinski definition) is 5. The van der Waals surface area contributed by atoms with Crippen molar-refractivity contribution in [3.63, 3.8) is 0 Å². The summed E-state index contributed by atoms with van der Waals surface area (Å²) in [4.78, 5) is 2.56. The van der Waals surface area contributed by atoms with E-state index in [9.17, 15) is 0 Å². The topological polar surface area (TPSA) is 43.0 Å². The van der Waals surface area contributed by atoms with Crippen molar-refractivity contribution in [2.24, 2.45) is 5.92 Å². The van der Waals surface area contributed by atoms with E-state index in [4.69, 9.17) is 14.2 Å². The normalized spacial score (nSPS) is 16.8. The van der Waals surface area contributed by atoms with Gasteiger partial charge in [-0.05, 0) is 23.6 Å². The minimum atomic E-state index is 0. The Morgan fingerprint density at radius 3 is 1.92 bits per heavy atom. The molecular weight excluding hydrogens is 363 g/mol. The smallest absolute Gasteiger partial charge is 0.203 e. The molecule has 7 heteroatoms. The van der Waals surface area contributed by atoms with Gasteiger partial charge in [-0.2, -0.15) is 0 Å². The van der Waals surface area contributed by atoms with Gasteiger partial charge in [0.25, 0.3) is 0 Å². The van der Waals surface area contributed by atoms with E-state index in [1.54, 1.807) is 21.3 Å². The number of ether oxygens (including phenoxy) is 3. The van der Waals surface area contributed by atoms with Crippen molar-refractivity contribution >= 4 is 24.8 Å². The molecule has 0 saturated carbocycles. The first-order valence-corrected chi connectivity index (χ1v) is 8.40. The van der Waals surface area contributed by atoms with Crippen LogP contribution in [0.1, 0.15) is 31.9 Å². The minimum absolute atomic E-state index is 0. The molecular formula is C18H32Cl2N2O3. The zero-order valence-corrected chi connectivity index (χ0v) is 17.5. The van der Waals surface area contributed by atoms with Gasteiger partial charge in [-0.1, -0.05) is 20.3 Å². The van der Waals surface area contributed by atoms with Gasteiger partial charge in [-0.25, -0.2) is 0 Å². The highest BCUT2D eigenvalue weighted by molar-refractivity contribution is 5.85. The number of rotatable bonds is 7. The molecule has 146 valence electrons. The SMILES string of the molecule is CCC(C)[C@@H](c1cc(OC)c(OC)c(OC)c1)N1CCNCC1.Cl.Cl. The summed E-state index contributed by atoms with van der Waals surface area (Å²) in [6.07, 6.45) is 1.13. The highest BCUT2D eigenvalue weighted by Crippen LogP contribution is 2.42.